The van der Waals surface area contributed by atoms with Gasteiger partial charge >= 0.3 is 0 Å². The molecule has 3 rings (SSSR count). The number of hydrogen-bond acceptors (Lipinski definition) is 6. The summed E-state index contributed by atoms with van der Waals surface area (Å²) < 4.78 is 7.19. The Morgan fingerprint density at radius 3 is 2.48 bits per heavy atom. The molecule has 7 nitrogen and oxygen atoms in total. The van der Waals surface area contributed by atoms with Crippen molar-refractivity contribution in [3.8, 4) is 17.1 Å². The molecule has 0 unspecified atom stereocenters. The molecule has 0 atom stereocenters. The molecule has 1 amide bonds. The number of fused-ring (bicyclic) bond motifs is 1. The molecule has 0 saturated carbocycles. The number of aromatic nitrogens is 4. The van der Waals surface area contributed by atoms with Crippen molar-refractivity contribution in [1.82, 2.24) is 24.7 Å². The van der Waals surface area contributed by atoms with Crippen molar-refractivity contribution in [1.29, 1.82) is 0 Å². The van der Waals surface area contributed by atoms with Crippen molar-refractivity contribution in [2.75, 3.05) is 25.4 Å². The fourth-order valence-corrected chi connectivity index (χ4v) is 3.46. The minimum atomic E-state index is 0.113. The quantitative estimate of drug-likeness (QED) is 0.555. The first kappa shape index (κ1) is 19.2. The monoisotopic (exact) mass is 385 g/mol. The van der Waals surface area contributed by atoms with Crippen LogP contribution in [-0.4, -0.2) is 56.1 Å². The number of hydrogen-bond donors (Lipinski definition) is 0. The maximum absolute atomic E-state index is 12.2. The van der Waals surface area contributed by atoms with Crippen LogP contribution in [0.4, 0.5) is 0 Å². The van der Waals surface area contributed by atoms with Crippen LogP contribution in [0.2, 0.25) is 0 Å². The molecule has 8 heteroatoms. The van der Waals surface area contributed by atoms with E-state index in [4.69, 9.17) is 4.74 Å². The summed E-state index contributed by atoms with van der Waals surface area (Å²) >= 11 is 1.42. The van der Waals surface area contributed by atoms with Crippen molar-refractivity contribution in [2.45, 2.75) is 25.8 Å². The van der Waals surface area contributed by atoms with E-state index >= 15 is 0 Å². The molecule has 0 fully saturated rings. The highest BCUT2D eigenvalue weighted by molar-refractivity contribution is 7.99. The van der Waals surface area contributed by atoms with Gasteiger partial charge in [0, 0.05) is 18.7 Å². The zero-order valence-corrected chi connectivity index (χ0v) is 16.6. The number of thioether (sulfide) groups is 1. The lowest BCUT2D eigenvalue weighted by Gasteiger charge is -2.17. The second-order valence-electron chi connectivity index (χ2n) is 5.78. The highest BCUT2D eigenvalue weighted by atomic mass is 32.2. The number of benzene rings is 1. The lowest BCUT2D eigenvalue weighted by molar-refractivity contribution is -0.127. The van der Waals surface area contributed by atoms with Gasteiger partial charge < -0.3 is 9.64 Å². The predicted octanol–water partition coefficient (Wildman–Crippen LogP) is 3.15. The van der Waals surface area contributed by atoms with Gasteiger partial charge in [-0.15, -0.1) is 10.2 Å². The third kappa shape index (κ3) is 4.39. The van der Waals surface area contributed by atoms with E-state index in [2.05, 4.69) is 15.3 Å². The van der Waals surface area contributed by atoms with E-state index in [1.54, 1.807) is 4.52 Å². The number of carbonyl (C=O) groups is 1. The predicted molar refractivity (Wildman–Crippen MR) is 106 cm³/mol. The van der Waals surface area contributed by atoms with E-state index < -0.39 is 0 Å². The minimum Gasteiger partial charge on any atom is -0.494 e. The van der Waals surface area contributed by atoms with Gasteiger partial charge in [-0.05, 0) is 57.2 Å². The molecule has 0 aliphatic rings. The summed E-state index contributed by atoms with van der Waals surface area (Å²) in [6.45, 7) is 7.98. The number of carbonyl (C=O) groups excluding carboxylic acids is 1. The Hall–Kier alpha value is -2.61. The zero-order chi connectivity index (χ0) is 19.2. The lowest BCUT2D eigenvalue weighted by atomic mass is 10.2. The van der Waals surface area contributed by atoms with Crippen LogP contribution in [0, 0.1) is 0 Å². The smallest absolute Gasteiger partial charge is 0.232 e. The van der Waals surface area contributed by atoms with Crippen LogP contribution in [-0.2, 0) is 4.79 Å². The van der Waals surface area contributed by atoms with E-state index in [1.165, 1.54) is 11.8 Å². The van der Waals surface area contributed by atoms with Crippen molar-refractivity contribution < 1.29 is 9.53 Å². The van der Waals surface area contributed by atoms with Crippen LogP contribution >= 0.6 is 11.8 Å². The molecule has 27 heavy (non-hydrogen) atoms. The van der Waals surface area contributed by atoms with Gasteiger partial charge in [-0.25, -0.2) is 0 Å². The molecule has 0 radical (unpaired) electrons. The molecule has 0 aliphatic heterocycles. The van der Waals surface area contributed by atoms with Crippen LogP contribution in [0.1, 0.15) is 20.8 Å². The van der Waals surface area contributed by atoms with E-state index in [9.17, 15) is 4.79 Å². The van der Waals surface area contributed by atoms with Crippen molar-refractivity contribution >= 4 is 23.3 Å². The Kier molecular flexibility index (Phi) is 6.28. The van der Waals surface area contributed by atoms with Gasteiger partial charge in [-0.1, -0.05) is 11.8 Å². The number of nitrogens with zero attached hydrogens (tertiary/aromatic N) is 5. The topological polar surface area (TPSA) is 72.6 Å². The average Bonchev–Trinajstić information content (AvgIpc) is 3.11. The lowest BCUT2D eigenvalue weighted by Crippen LogP contribution is -2.31. The first-order valence-electron chi connectivity index (χ1n) is 9.02. The van der Waals surface area contributed by atoms with Crippen LogP contribution in [0.3, 0.4) is 0 Å². The van der Waals surface area contributed by atoms with Crippen LogP contribution < -0.4 is 4.74 Å². The molecule has 0 saturated heterocycles. The number of ether oxygens (including phenoxy) is 1. The molecule has 142 valence electrons. The summed E-state index contributed by atoms with van der Waals surface area (Å²) in [5.74, 6) is 1.95. The molecule has 0 bridgehead atoms. The van der Waals surface area contributed by atoms with Crippen LogP contribution in [0.5, 0.6) is 5.75 Å². The number of rotatable bonds is 8. The van der Waals surface area contributed by atoms with Gasteiger partial charge in [0.15, 0.2) is 11.5 Å². The minimum absolute atomic E-state index is 0.113. The summed E-state index contributed by atoms with van der Waals surface area (Å²) in [6.07, 6.45) is 0. The van der Waals surface area contributed by atoms with Crippen molar-refractivity contribution in [3.63, 3.8) is 0 Å². The molecule has 0 spiro atoms. The first-order valence-corrected chi connectivity index (χ1v) is 10.0. The summed E-state index contributed by atoms with van der Waals surface area (Å²) in [5, 5.41) is 13.8. The van der Waals surface area contributed by atoms with Gasteiger partial charge in [0.05, 0.1) is 12.4 Å². The second-order valence-corrected chi connectivity index (χ2v) is 6.77. The standard InChI is InChI=1S/C19H23N5O2S/c1-4-23(5-2)18(25)13-27-17-12-11-16-20-21-19(24(16)22-17)14-7-9-15(10-8-14)26-6-3/h7-12H,4-6,13H2,1-3H3. The molecule has 0 aliphatic carbocycles. The maximum Gasteiger partial charge on any atom is 0.232 e. The van der Waals surface area contributed by atoms with E-state index in [-0.39, 0.29) is 5.91 Å². The Balaban J connectivity index is 1.80. The molecule has 0 N–H and O–H groups in total. The summed E-state index contributed by atoms with van der Waals surface area (Å²) in [4.78, 5) is 14.0. The largest absolute Gasteiger partial charge is 0.494 e. The second kappa shape index (κ2) is 8.85. The van der Waals surface area contributed by atoms with Gasteiger partial charge in [-0.2, -0.15) is 9.61 Å². The molecule has 3 aromatic rings. The fraction of sp³-hybridized carbons (Fsp3) is 0.368. The number of amides is 1. The zero-order valence-electron chi connectivity index (χ0n) is 15.8. The third-order valence-corrected chi connectivity index (χ3v) is 5.03. The third-order valence-electron chi connectivity index (χ3n) is 4.12. The Morgan fingerprint density at radius 2 is 1.81 bits per heavy atom. The van der Waals surface area contributed by atoms with Gasteiger partial charge in [0.2, 0.25) is 5.91 Å². The average molecular weight is 385 g/mol. The van der Waals surface area contributed by atoms with E-state index in [0.29, 0.717) is 23.8 Å². The van der Waals surface area contributed by atoms with Crippen LogP contribution in [0.25, 0.3) is 17.0 Å². The summed E-state index contributed by atoms with van der Waals surface area (Å²) in [6, 6.07) is 11.4. The highest BCUT2D eigenvalue weighted by Gasteiger charge is 2.13. The van der Waals surface area contributed by atoms with Gasteiger partial charge in [-0.3, -0.25) is 4.79 Å². The highest BCUT2D eigenvalue weighted by Crippen LogP contribution is 2.23. The summed E-state index contributed by atoms with van der Waals surface area (Å²) in [7, 11) is 0. The van der Waals surface area contributed by atoms with Gasteiger partial charge in [0.25, 0.3) is 0 Å². The SMILES string of the molecule is CCOc1ccc(-c2nnc3ccc(SCC(=O)N(CC)CC)nn23)cc1. The van der Waals surface area contributed by atoms with Crippen molar-refractivity contribution in [2.24, 2.45) is 0 Å². The molecular formula is C19H23N5O2S. The fourth-order valence-electron chi connectivity index (χ4n) is 2.70. The Morgan fingerprint density at radius 1 is 1.07 bits per heavy atom. The molecule has 2 aromatic heterocycles. The Labute approximate surface area is 162 Å². The maximum atomic E-state index is 12.2. The Bertz CT molecular complexity index is 906. The van der Waals surface area contributed by atoms with Crippen molar-refractivity contribution in [3.05, 3.63) is 36.4 Å². The van der Waals surface area contributed by atoms with E-state index in [0.717, 1.165) is 29.4 Å². The molecule has 1 aromatic carbocycles. The molecular weight excluding hydrogens is 362 g/mol. The van der Waals surface area contributed by atoms with E-state index in [1.807, 2.05) is 62.1 Å². The van der Waals surface area contributed by atoms with Crippen LogP contribution in [0.15, 0.2) is 41.4 Å². The molecule has 2 heterocycles. The van der Waals surface area contributed by atoms with Gasteiger partial charge in [0.1, 0.15) is 10.8 Å². The first-order chi connectivity index (χ1) is 13.2. The summed E-state index contributed by atoms with van der Waals surface area (Å²) in [5.41, 5.74) is 1.57. The normalized spacial score (nSPS) is 10.9.